The number of hydrogen-bond donors (Lipinski definition) is 2. The van der Waals surface area contributed by atoms with Crippen LogP contribution in [0.1, 0.15) is 32.6 Å². The Morgan fingerprint density at radius 3 is 2.78 bits per heavy atom. The molecule has 0 aliphatic heterocycles. The van der Waals surface area contributed by atoms with Gasteiger partial charge in [-0.25, -0.2) is 13.8 Å². The molecule has 0 amide bonds. The van der Waals surface area contributed by atoms with Crippen LogP contribution in [0, 0.1) is 5.92 Å². The van der Waals surface area contributed by atoms with Crippen molar-refractivity contribution in [2.24, 2.45) is 16.6 Å². The van der Waals surface area contributed by atoms with Crippen molar-refractivity contribution >= 4 is 29.9 Å². The fourth-order valence-corrected chi connectivity index (χ4v) is 1.98. The summed E-state index contributed by atoms with van der Waals surface area (Å²) in [4.78, 5) is 4.04. The lowest BCUT2D eigenvalue weighted by Gasteiger charge is -2.29. The molecule has 18 heavy (non-hydrogen) atoms. The predicted molar refractivity (Wildman–Crippen MR) is 81.6 cm³/mol. The molecule has 3 N–H and O–H groups in total. The molecule has 0 radical (unpaired) electrons. The van der Waals surface area contributed by atoms with Crippen LogP contribution in [-0.2, 0) is 0 Å². The van der Waals surface area contributed by atoms with Crippen molar-refractivity contribution in [1.29, 1.82) is 0 Å². The molecule has 1 rings (SSSR count). The molecule has 0 bridgehead atoms. The van der Waals surface area contributed by atoms with Crippen LogP contribution in [0.4, 0.5) is 8.78 Å². The third-order valence-electron chi connectivity index (χ3n) is 2.83. The van der Waals surface area contributed by atoms with E-state index in [2.05, 4.69) is 16.9 Å². The first-order valence-corrected chi connectivity index (χ1v) is 5.95. The molecule has 6 heteroatoms. The molecular formula is C12H22F2IN3. The van der Waals surface area contributed by atoms with Gasteiger partial charge in [-0.2, -0.15) is 0 Å². The molecule has 0 aromatic heterocycles. The first-order valence-electron chi connectivity index (χ1n) is 5.95. The minimum absolute atomic E-state index is 0. The Morgan fingerprint density at radius 2 is 2.22 bits per heavy atom. The Morgan fingerprint density at radius 1 is 1.56 bits per heavy atom. The van der Waals surface area contributed by atoms with Crippen LogP contribution >= 0.6 is 24.0 Å². The topological polar surface area (TPSA) is 50.4 Å². The lowest BCUT2D eigenvalue weighted by Crippen LogP contribution is -2.38. The molecule has 1 aliphatic carbocycles. The summed E-state index contributed by atoms with van der Waals surface area (Å²) in [6.45, 7) is 6.51. The van der Waals surface area contributed by atoms with Crippen LogP contribution in [-0.4, -0.2) is 25.0 Å². The smallest absolute Gasteiger partial charge is 0.248 e. The zero-order chi connectivity index (χ0) is 12.9. The zero-order valence-corrected chi connectivity index (χ0v) is 13.0. The van der Waals surface area contributed by atoms with Gasteiger partial charge >= 0.3 is 0 Å². The summed E-state index contributed by atoms with van der Waals surface area (Å²) in [5.41, 5.74) is 6.53. The molecule has 106 valence electrons. The highest BCUT2D eigenvalue weighted by atomic mass is 127. The molecule has 0 heterocycles. The zero-order valence-electron chi connectivity index (χ0n) is 10.7. The van der Waals surface area contributed by atoms with Crippen LogP contribution in [0.15, 0.2) is 17.1 Å². The Bertz CT molecular complexity index is 306. The number of aliphatic imine (C=N–C) groups is 1. The van der Waals surface area contributed by atoms with Crippen molar-refractivity contribution in [3.63, 3.8) is 0 Å². The van der Waals surface area contributed by atoms with Gasteiger partial charge in [0, 0.05) is 19.4 Å². The van der Waals surface area contributed by atoms with Gasteiger partial charge < -0.3 is 11.1 Å². The second kappa shape index (κ2) is 7.91. The second-order valence-electron chi connectivity index (χ2n) is 4.86. The van der Waals surface area contributed by atoms with E-state index in [-0.39, 0.29) is 42.7 Å². The molecule has 1 unspecified atom stereocenters. The summed E-state index contributed by atoms with van der Waals surface area (Å²) in [7, 11) is 0. The number of guanidine groups is 1. The van der Waals surface area contributed by atoms with Gasteiger partial charge in [0.15, 0.2) is 5.96 Å². The van der Waals surface area contributed by atoms with E-state index < -0.39 is 5.92 Å². The van der Waals surface area contributed by atoms with Crippen LogP contribution in [0.3, 0.4) is 0 Å². The number of nitrogens with one attached hydrogen (secondary N) is 1. The number of hydrogen-bond acceptors (Lipinski definition) is 1. The fraction of sp³-hybridized carbons (Fsp3) is 0.750. The van der Waals surface area contributed by atoms with E-state index >= 15 is 0 Å². The van der Waals surface area contributed by atoms with Gasteiger partial charge in [0.25, 0.3) is 0 Å². The maximum atomic E-state index is 13.1. The Balaban J connectivity index is 0.00000289. The lowest BCUT2D eigenvalue weighted by molar-refractivity contribution is -0.0514. The van der Waals surface area contributed by atoms with Crippen LogP contribution < -0.4 is 11.1 Å². The number of nitrogens with zero attached hydrogens (tertiary/aromatic N) is 1. The van der Waals surface area contributed by atoms with Gasteiger partial charge in [-0.05, 0) is 25.7 Å². The summed E-state index contributed by atoms with van der Waals surface area (Å²) in [5.74, 6) is -2.21. The van der Waals surface area contributed by atoms with E-state index in [1.165, 1.54) is 0 Å². The van der Waals surface area contributed by atoms with Gasteiger partial charge in [0.05, 0.1) is 6.54 Å². The largest absolute Gasteiger partial charge is 0.370 e. The molecular weight excluding hydrogens is 351 g/mol. The monoisotopic (exact) mass is 373 g/mol. The maximum absolute atomic E-state index is 13.1. The molecule has 1 atom stereocenters. The standard InChI is InChI=1S/C12H21F2N3.HI/c1-9(2)7-16-11(15)17-8-10-4-3-5-12(13,14)6-10;/h10H,1,3-8H2,2H3,(H3,15,16,17);1H. The van der Waals surface area contributed by atoms with Crippen molar-refractivity contribution < 1.29 is 8.78 Å². The van der Waals surface area contributed by atoms with Gasteiger partial charge in [0.1, 0.15) is 0 Å². The van der Waals surface area contributed by atoms with Crippen molar-refractivity contribution in [2.75, 3.05) is 13.1 Å². The molecule has 0 aromatic rings. The highest BCUT2D eigenvalue weighted by Crippen LogP contribution is 2.36. The van der Waals surface area contributed by atoms with Crippen molar-refractivity contribution in [3.05, 3.63) is 12.2 Å². The summed E-state index contributed by atoms with van der Waals surface area (Å²) in [6, 6.07) is 0. The summed E-state index contributed by atoms with van der Waals surface area (Å²) in [5, 5.41) is 2.90. The quantitative estimate of drug-likeness (QED) is 0.345. The van der Waals surface area contributed by atoms with Gasteiger partial charge in [0.2, 0.25) is 5.92 Å². The van der Waals surface area contributed by atoms with Gasteiger partial charge in [-0.15, -0.1) is 24.0 Å². The number of halogens is 3. The minimum Gasteiger partial charge on any atom is -0.370 e. The van der Waals surface area contributed by atoms with Gasteiger partial charge in [-0.3, -0.25) is 0 Å². The molecule has 0 saturated heterocycles. The fourth-order valence-electron chi connectivity index (χ4n) is 1.98. The second-order valence-corrected chi connectivity index (χ2v) is 4.86. The highest BCUT2D eigenvalue weighted by Gasteiger charge is 2.35. The van der Waals surface area contributed by atoms with E-state index in [1.807, 2.05) is 6.92 Å². The lowest BCUT2D eigenvalue weighted by atomic mass is 9.86. The summed E-state index contributed by atoms with van der Waals surface area (Å²) < 4.78 is 26.3. The average molecular weight is 373 g/mol. The van der Waals surface area contributed by atoms with Crippen LogP contribution in [0.25, 0.3) is 0 Å². The van der Waals surface area contributed by atoms with Crippen LogP contribution in [0.2, 0.25) is 0 Å². The Kier molecular flexibility index (Phi) is 7.73. The maximum Gasteiger partial charge on any atom is 0.248 e. The number of alkyl halides is 2. The molecule has 0 spiro atoms. The Labute approximate surface area is 124 Å². The van der Waals surface area contributed by atoms with E-state index in [9.17, 15) is 8.78 Å². The number of rotatable bonds is 4. The third kappa shape index (κ3) is 7.13. The SMILES string of the molecule is C=C(C)CN=C(N)NCC1CCCC(F)(F)C1.I. The molecule has 1 fully saturated rings. The minimum atomic E-state index is -2.51. The molecule has 0 aromatic carbocycles. The van der Waals surface area contributed by atoms with Crippen molar-refractivity contribution in [2.45, 2.75) is 38.5 Å². The number of nitrogens with two attached hydrogens (primary N) is 1. The average Bonchev–Trinajstić information content (AvgIpc) is 2.22. The molecule has 3 nitrogen and oxygen atoms in total. The first kappa shape index (κ1) is 17.6. The van der Waals surface area contributed by atoms with Gasteiger partial charge in [-0.1, -0.05) is 12.2 Å². The normalized spacial score (nSPS) is 23.1. The van der Waals surface area contributed by atoms with E-state index in [0.29, 0.717) is 25.5 Å². The predicted octanol–water partition coefficient (Wildman–Crippen LogP) is 2.91. The third-order valence-corrected chi connectivity index (χ3v) is 2.83. The van der Waals surface area contributed by atoms with E-state index in [0.717, 1.165) is 12.0 Å². The Hall–Kier alpha value is -0.400. The molecule has 1 saturated carbocycles. The summed E-state index contributed by atoms with van der Waals surface area (Å²) in [6.07, 6.45) is 1.38. The van der Waals surface area contributed by atoms with Crippen molar-refractivity contribution in [3.8, 4) is 0 Å². The van der Waals surface area contributed by atoms with E-state index in [4.69, 9.17) is 5.73 Å². The molecule has 1 aliphatic rings. The van der Waals surface area contributed by atoms with Crippen LogP contribution in [0.5, 0.6) is 0 Å². The summed E-state index contributed by atoms with van der Waals surface area (Å²) >= 11 is 0. The highest BCUT2D eigenvalue weighted by molar-refractivity contribution is 14.0. The van der Waals surface area contributed by atoms with E-state index in [1.54, 1.807) is 0 Å². The first-order chi connectivity index (χ1) is 7.89. The van der Waals surface area contributed by atoms with Crippen molar-refractivity contribution in [1.82, 2.24) is 5.32 Å².